The average Bonchev–Trinajstić information content (AvgIpc) is 3.09. The normalized spacial score (nSPS) is 28.1. The molecule has 1 N–H and O–H groups in total. The minimum absolute atomic E-state index is 0.125. The number of fused-ring (bicyclic) bond motifs is 3. The average molecular weight is 378 g/mol. The largest absolute Gasteiger partial charge is 0.425 e. The lowest BCUT2D eigenvalue weighted by Gasteiger charge is -2.49. The van der Waals surface area contributed by atoms with Gasteiger partial charge in [0.15, 0.2) is 5.09 Å². The number of carbonyl (C=O) groups is 1. The molecule has 2 bridgehead atoms. The maximum absolute atomic E-state index is 12.5. The van der Waals surface area contributed by atoms with Crippen LogP contribution in [0.15, 0.2) is 44.9 Å². The van der Waals surface area contributed by atoms with Crippen LogP contribution in [-0.4, -0.2) is 41.0 Å². The summed E-state index contributed by atoms with van der Waals surface area (Å²) in [6.45, 7) is 4.46. The lowest BCUT2D eigenvalue weighted by Crippen LogP contribution is -2.62. The van der Waals surface area contributed by atoms with E-state index in [0.29, 0.717) is 22.1 Å². The van der Waals surface area contributed by atoms with Crippen LogP contribution >= 0.6 is 23.4 Å². The minimum Gasteiger partial charge on any atom is -0.425 e. The van der Waals surface area contributed by atoms with E-state index in [0.717, 1.165) is 30.8 Å². The quantitative estimate of drug-likeness (QED) is 0.880. The van der Waals surface area contributed by atoms with Gasteiger partial charge in [0.25, 0.3) is 5.89 Å². The molecule has 0 spiro atoms. The molecule has 5 nitrogen and oxygen atoms in total. The summed E-state index contributed by atoms with van der Waals surface area (Å²) >= 11 is 7.31. The summed E-state index contributed by atoms with van der Waals surface area (Å²) in [4.78, 5) is 20.1. The first-order valence-corrected chi connectivity index (χ1v) is 9.74. The van der Waals surface area contributed by atoms with E-state index in [2.05, 4.69) is 22.1 Å². The fourth-order valence-electron chi connectivity index (χ4n) is 3.79. The van der Waals surface area contributed by atoms with Crippen molar-refractivity contribution >= 4 is 29.3 Å². The van der Waals surface area contributed by atoms with Crippen LogP contribution in [0.2, 0.25) is 5.02 Å². The molecule has 3 saturated heterocycles. The molecule has 0 radical (unpaired) electrons. The molecule has 3 aliphatic rings. The molecule has 3 aliphatic heterocycles. The number of benzene rings is 1. The summed E-state index contributed by atoms with van der Waals surface area (Å²) in [6.07, 6.45) is 3.89. The Morgan fingerprint density at radius 3 is 2.72 bits per heavy atom. The van der Waals surface area contributed by atoms with Crippen LogP contribution in [0.1, 0.15) is 30.5 Å². The Morgan fingerprint density at radius 1 is 1.32 bits per heavy atom. The van der Waals surface area contributed by atoms with Crippen molar-refractivity contribution in [2.75, 3.05) is 13.1 Å². The monoisotopic (exact) mass is 377 g/mol. The molecule has 5 rings (SSSR count). The van der Waals surface area contributed by atoms with Crippen LogP contribution in [0.3, 0.4) is 0 Å². The molecule has 25 heavy (non-hydrogen) atoms. The van der Waals surface area contributed by atoms with Gasteiger partial charge in [-0.05, 0) is 63.0 Å². The summed E-state index contributed by atoms with van der Waals surface area (Å²) in [5.41, 5.74) is 0. The standard InChI is InChI=1S/C18H20ClN3O2S/c1-11-16(12-6-8-22(11)9-7-12)21-17(23)18-20-10-15(24-18)25-14-4-2-13(19)3-5-14/h2-5,10-12,16H,6-9H2,1H3,(H,21,23)/t11-,16-/m0/s1. The molecule has 7 heteroatoms. The highest BCUT2D eigenvalue weighted by molar-refractivity contribution is 7.99. The van der Waals surface area contributed by atoms with Crippen molar-refractivity contribution in [2.45, 2.75) is 41.8 Å². The number of piperidine rings is 3. The number of hydrogen-bond acceptors (Lipinski definition) is 5. The van der Waals surface area contributed by atoms with Gasteiger partial charge in [0, 0.05) is 22.0 Å². The first kappa shape index (κ1) is 16.9. The molecule has 0 unspecified atom stereocenters. The Kier molecular flexibility index (Phi) is 4.75. The molecule has 4 heterocycles. The number of nitrogens with one attached hydrogen (secondary N) is 1. The lowest BCUT2D eigenvalue weighted by atomic mass is 9.79. The third-order valence-corrected chi connectivity index (χ3v) is 6.34. The van der Waals surface area contributed by atoms with Gasteiger partial charge in [-0.1, -0.05) is 23.4 Å². The zero-order chi connectivity index (χ0) is 17.4. The van der Waals surface area contributed by atoms with Crippen molar-refractivity contribution in [3.8, 4) is 0 Å². The van der Waals surface area contributed by atoms with Crippen molar-refractivity contribution < 1.29 is 9.21 Å². The van der Waals surface area contributed by atoms with Crippen molar-refractivity contribution in [3.63, 3.8) is 0 Å². The van der Waals surface area contributed by atoms with E-state index in [1.807, 2.05) is 24.3 Å². The lowest BCUT2D eigenvalue weighted by molar-refractivity contribution is 0.0209. The van der Waals surface area contributed by atoms with Gasteiger partial charge in [0.05, 0.1) is 6.20 Å². The van der Waals surface area contributed by atoms with Gasteiger partial charge in [-0.15, -0.1) is 0 Å². The van der Waals surface area contributed by atoms with Crippen molar-refractivity contribution in [1.82, 2.24) is 15.2 Å². The maximum Gasteiger partial charge on any atom is 0.307 e. The van der Waals surface area contributed by atoms with E-state index in [9.17, 15) is 4.79 Å². The van der Waals surface area contributed by atoms with Crippen LogP contribution in [0.5, 0.6) is 0 Å². The van der Waals surface area contributed by atoms with Crippen LogP contribution in [0.25, 0.3) is 0 Å². The fourth-order valence-corrected chi connectivity index (χ4v) is 4.65. The van der Waals surface area contributed by atoms with E-state index in [-0.39, 0.29) is 17.8 Å². The molecular weight excluding hydrogens is 358 g/mol. The predicted molar refractivity (Wildman–Crippen MR) is 97.1 cm³/mol. The molecule has 1 amide bonds. The van der Waals surface area contributed by atoms with Gasteiger partial charge >= 0.3 is 5.91 Å². The van der Waals surface area contributed by atoms with Crippen LogP contribution < -0.4 is 5.32 Å². The zero-order valence-electron chi connectivity index (χ0n) is 13.9. The molecule has 1 aromatic heterocycles. The third kappa shape index (κ3) is 3.57. The SMILES string of the molecule is C[C@H]1[C@H](NC(=O)c2ncc(Sc3ccc(Cl)cc3)o2)C2CCN1CC2. The molecular formula is C18H20ClN3O2S. The highest BCUT2D eigenvalue weighted by Crippen LogP contribution is 2.33. The van der Waals surface area contributed by atoms with E-state index in [1.54, 1.807) is 6.20 Å². The first-order valence-electron chi connectivity index (χ1n) is 8.54. The van der Waals surface area contributed by atoms with Crippen LogP contribution in [0.4, 0.5) is 0 Å². The zero-order valence-corrected chi connectivity index (χ0v) is 15.5. The summed E-state index contributed by atoms with van der Waals surface area (Å²) in [5.74, 6) is 0.454. The predicted octanol–water partition coefficient (Wildman–Crippen LogP) is 3.69. The second-order valence-corrected chi connectivity index (χ2v) is 8.17. The van der Waals surface area contributed by atoms with Crippen LogP contribution in [-0.2, 0) is 0 Å². The Balaban J connectivity index is 1.41. The highest BCUT2D eigenvalue weighted by Gasteiger charge is 2.40. The number of halogens is 1. The molecule has 1 aromatic carbocycles. The number of rotatable bonds is 4. The van der Waals surface area contributed by atoms with E-state index < -0.39 is 0 Å². The topological polar surface area (TPSA) is 58.4 Å². The molecule has 2 atom stereocenters. The second-order valence-electron chi connectivity index (χ2n) is 6.65. The van der Waals surface area contributed by atoms with Gasteiger partial charge in [-0.25, -0.2) is 4.98 Å². The van der Waals surface area contributed by atoms with Crippen molar-refractivity contribution in [2.24, 2.45) is 5.92 Å². The van der Waals surface area contributed by atoms with E-state index in [4.69, 9.17) is 16.0 Å². The molecule has 0 aliphatic carbocycles. The number of amides is 1. The second kappa shape index (κ2) is 7.02. The summed E-state index contributed by atoms with van der Waals surface area (Å²) in [5, 5.41) is 4.42. The first-order chi connectivity index (χ1) is 12.1. The Hall–Kier alpha value is -1.50. The molecule has 2 aromatic rings. The van der Waals surface area contributed by atoms with Gasteiger partial charge in [0.1, 0.15) is 0 Å². The number of aromatic nitrogens is 1. The Labute approximate surface area is 156 Å². The summed E-state index contributed by atoms with van der Waals surface area (Å²) < 4.78 is 5.63. The number of hydrogen-bond donors (Lipinski definition) is 1. The van der Waals surface area contributed by atoms with Crippen molar-refractivity contribution in [3.05, 3.63) is 41.4 Å². The van der Waals surface area contributed by atoms with Crippen LogP contribution in [0, 0.1) is 5.92 Å². The minimum atomic E-state index is -0.228. The maximum atomic E-state index is 12.5. The van der Waals surface area contributed by atoms with Gasteiger partial charge in [0.2, 0.25) is 0 Å². The summed E-state index contributed by atoms with van der Waals surface area (Å²) in [6, 6.07) is 8.00. The summed E-state index contributed by atoms with van der Waals surface area (Å²) in [7, 11) is 0. The molecule has 0 saturated carbocycles. The van der Waals surface area contributed by atoms with Gasteiger partial charge in [-0.3, -0.25) is 9.69 Å². The number of carbonyl (C=O) groups excluding carboxylic acids is 1. The fraction of sp³-hybridized carbons (Fsp3) is 0.444. The van der Waals surface area contributed by atoms with Crippen molar-refractivity contribution in [1.29, 1.82) is 0 Å². The molecule has 3 fully saturated rings. The number of nitrogens with zero attached hydrogens (tertiary/aromatic N) is 2. The van der Waals surface area contributed by atoms with Gasteiger partial charge in [-0.2, -0.15) is 0 Å². The molecule has 132 valence electrons. The Bertz CT molecular complexity index is 754. The highest BCUT2D eigenvalue weighted by atomic mass is 35.5. The number of oxazole rings is 1. The smallest absolute Gasteiger partial charge is 0.307 e. The Morgan fingerprint density at radius 2 is 2.04 bits per heavy atom. The van der Waals surface area contributed by atoms with E-state index in [1.165, 1.54) is 11.8 Å². The van der Waals surface area contributed by atoms with Gasteiger partial charge < -0.3 is 9.73 Å². The van der Waals surface area contributed by atoms with E-state index >= 15 is 0 Å². The third-order valence-electron chi connectivity index (χ3n) is 5.19.